The monoisotopic (exact) mass is 284 g/mol. The van der Waals surface area contributed by atoms with Crippen molar-refractivity contribution in [2.75, 3.05) is 23.4 Å². The Morgan fingerprint density at radius 3 is 2.74 bits per heavy atom. The molecule has 8 heteroatoms. The molecular formula is C11H16N4O3S. The maximum Gasteiger partial charge on any atom is 0.271 e. The third kappa shape index (κ3) is 3.63. The highest BCUT2D eigenvalue weighted by Crippen LogP contribution is 2.15. The number of hydrogen-bond acceptors (Lipinski definition) is 6. The maximum atomic E-state index is 11.5. The molecule has 1 aliphatic rings. The van der Waals surface area contributed by atoms with Crippen LogP contribution in [0.4, 0.5) is 5.82 Å². The Kier molecular flexibility index (Phi) is 3.98. The average Bonchev–Trinajstić information content (AvgIpc) is 2.70. The lowest BCUT2D eigenvalue weighted by Gasteiger charge is -2.10. The van der Waals surface area contributed by atoms with Crippen LogP contribution in [-0.4, -0.2) is 48.6 Å². The fourth-order valence-corrected chi connectivity index (χ4v) is 3.57. The Morgan fingerprint density at radius 1 is 1.42 bits per heavy atom. The van der Waals surface area contributed by atoms with Crippen molar-refractivity contribution in [3.05, 3.63) is 17.8 Å². The van der Waals surface area contributed by atoms with Crippen molar-refractivity contribution in [2.24, 2.45) is 0 Å². The van der Waals surface area contributed by atoms with E-state index in [0.717, 1.165) is 0 Å². The van der Waals surface area contributed by atoms with Crippen LogP contribution in [0.5, 0.6) is 0 Å². The molecule has 0 spiro atoms. The second kappa shape index (κ2) is 5.52. The fourth-order valence-electron chi connectivity index (χ4n) is 1.90. The molecule has 1 atom stereocenters. The summed E-state index contributed by atoms with van der Waals surface area (Å²) in [5.74, 6) is 0.530. The summed E-state index contributed by atoms with van der Waals surface area (Å²) < 4.78 is 22.6. The molecule has 19 heavy (non-hydrogen) atoms. The summed E-state index contributed by atoms with van der Waals surface area (Å²) in [6, 6.07) is 3.06. The highest BCUT2D eigenvalue weighted by atomic mass is 32.2. The molecule has 0 radical (unpaired) electrons. The lowest BCUT2D eigenvalue weighted by Crippen LogP contribution is -2.25. The van der Waals surface area contributed by atoms with E-state index in [1.54, 1.807) is 12.1 Å². The van der Waals surface area contributed by atoms with Crippen LogP contribution in [0.15, 0.2) is 12.1 Å². The summed E-state index contributed by atoms with van der Waals surface area (Å²) >= 11 is 0. The molecule has 2 rings (SSSR count). The van der Waals surface area contributed by atoms with Crippen molar-refractivity contribution in [3.63, 3.8) is 0 Å². The largest absolute Gasteiger partial charge is 0.365 e. The third-order valence-electron chi connectivity index (χ3n) is 2.82. The number of rotatable bonds is 4. The summed E-state index contributed by atoms with van der Waals surface area (Å²) in [6.45, 7) is 2.35. The summed E-state index contributed by atoms with van der Waals surface area (Å²) in [7, 11) is -2.92. The van der Waals surface area contributed by atoms with Gasteiger partial charge in [0.15, 0.2) is 15.5 Å². The van der Waals surface area contributed by atoms with Gasteiger partial charge < -0.3 is 10.6 Å². The summed E-state index contributed by atoms with van der Waals surface area (Å²) in [5, 5.41) is 13.3. The molecule has 104 valence electrons. The molecule has 1 saturated heterocycles. The summed E-state index contributed by atoms with van der Waals surface area (Å²) in [4.78, 5) is 11.5. The third-order valence-corrected chi connectivity index (χ3v) is 4.59. The van der Waals surface area contributed by atoms with Crippen molar-refractivity contribution >= 4 is 21.6 Å². The van der Waals surface area contributed by atoms with Crippen molar-refractivity contribution in [2.45, 2.75) is 19.4 Å². The minimum atomic E-state index is -2.92. The molecule has 1 aromatic heterocycles. The number of nitrogens with one attached hydrogen (secondary N) is 2. The number of aromatic nitrogens is 2. The summed E-state index contributed by atoms with van der Waals surface area (Å²) in [5.41, 5.74) is 0.242. The highest BCUT2D eigenvalue weighted by molar-refractivity contribution is 7.91. The molecule has 7 nitrogen and oxygen atoms in total. The van der Waals surface area contributed by atoms with Gasteiger partial charge in [-0.05, 0) is 25.5 Å². The van der Waals surface area contributed by atoms with Crippen LogP contribution in [0.3, 0.4) is 0 Å². The number of carbonyl (C=O) groups is 1. The van der Waals surface area contributed by atoms with E-state index in [2.05, 4.69) is 20.8 Å². The van der Waals surface area contributed by atoms with Gasteiger partial charge in [-0.25, -0.2) is 8.42 Å². The van der Waals surface area contributed by atoms with E-state index in [1.165, 1.54) is 0 Å². The molecule has 1 aliphatic heterocycles. The smallest absolute Gasteiger partial charge is 0.271 e. The van der Waals surface area contributed by atoms with Gasteiger partial charge in [0.05, 0.1) is 11.5 Å². The van der Waals surface area contributed by atoms with E-state index >= 15 is 0 Å². The number of sulfone groups is 1. The van der Waals surface area contributed by atoms with Gasteiger partial charge in [0.25, 0.3) is 5.91 Å². The van der Waals surface area contributed by atoms with E-state index in [0.29, 0.717) is 18.8 Å². The Bertz CT molecular complexity index is 556. The Morgan fingerprint density at radius 2 is 2.21 bits per heavy atom. The number of anilines is 1. The first-order chi connectivity index (χ1) is 9.00. The van der Waals surface area contributed by atoms with Crippen molar-refractivity contribution in [1.82, 2.24) is 15.5 Å². The zero-order chi connectivity index (χ0) is 13.9. The van der Waals surface area contributed by atoms with Crippen LogP contribution in [-0.2, 0) is 9.84 Å². The van der Waals surface area contributed by atoms with E-state index in [9.17, 15) is 13.2 Å². The minimum Gasteiger partial charge on any atom is -0.365 e. The van der Waals surface area contributed by atoms with Crippen LogP contribution in [0.25, 0.3) is 0 Å². The number of hydrogen-bond donors (Lipinski definition) is 2. The van der Waals surface area contributed by atoms with Gasteiger partial charge >= 0.3 is 0 Å². The molecule has 2 N–H and O–H groups in total. The maximum absolute atomic E-state index is 11.5. The normalized spacial score (nSPS) is 21.0. The molecule has 1 fully saturated rings. The van der Waals surface area contributed by atoms with Crippen LogP contribution < -0.4 is 10.6 Å². The predicted octanol–water partition coefficient (Wildman–Crippen LogP) is -0.175. The van der Waals surface area contributed by atoms with Crippen molar-refractivity contribution in [3.8, 4) is 0 Å². The minimum absolute atomic E-state index is 0.118. The van der Waals surface area contributed by atoms with Crippen LogP contribution in [0.1, 0.15) is 23.8 Å². The van der Waals surface area contributed by atoms with Crippen LogP contribution in [0, 0.1) is 0 Å². The van der Waals surface area contributed by atoms with Gasteiger partial charge in [-0.15, -0.1) is 10.2 Å². The fraction of sp³-hybridized carbons (Fsp3) is 0.545. The number of nitrogens with zero attached hydrogens (tertiary/aromatic N) is 2. The van der Waals surface area contributed by atoms with Crippen LogP contribution in [0.2, 0.25) is 0 Å². The van der Waals surface area contributed by atoms with Crippen LogP contribution >= 0.6 is 0 Å². The lowest BCUT2D eigenvalue weighted by molar-refractivity contribution is 0.0950. The SMILES string of the molecule is CCNC(=O)c1ccc(NC2CCS(=O)(=O)C2)nn1. The standard InChI is InChI=1S/C11H16N4O3S/c1-2-12-11(16)9-3-4-10(15-14-9)13-8-5-6-19(17,18)7-8/h3-4,8H,2,5-7H2,1H3,(H,12,16)(H,13,15). The first-order valence-corrected chi connectivity index (χ1v) is 7.91. The first kappa shape index (κ1) is 13.7. The molecule has 0 aliphatic carbocycles. The van der Waals surface area contributed by atoms with Crippen molar-refractivity contribution < 1.29 is 13.2 Å². The van der Waals surface area contributed by atoms with Crippen molar-refractivity contribution in [1.29, 1.82) is 0 Å². The number of carbonyl (C=O) groups excluding carboxylic acids is 1. The van der Waals surface area contributed by atoms with E-state index in [-0.39, 0.29) is 29.1 Å². The molecule has 1 unspecified atom stereocenters. The molecule has 1 aromatic rings. The van der Waals surface area contributed by atoms with Gasteiger partial charge in [0, 0.05) is 12.6 Å². The van der Waals surface area contributed by atoms with Gasteiger partial charge in [-0.3, -0.25) is 4.79 Å². The van der Waals surface area contributed by atoms with E-state index in [1.807, 2.05) is 6.92 Å². The second-order valence-corrected chi connectivity index (χ2v) is 6.64. The quantitative estimate of drug-likeness (QED) is 0.795. The van der Waals surface area contributed by atoms with E-state index < -0.39 is 9.84 Å². The van der Waals surface area contributed by atoms with Gasteiger partial charge in [-0.2, -0.15) is 0 Å². The number of amides is 1. The van der Waals surface area contributed by atoms with Gasteiger partial charge in [0.2, 0.25) is 0 Å². The predicted molar refractivity (Wildman–Crippen MR) is 70.7 cm³/mol. The second-order valence-electron chi connectivity index (χ2n) is 4.41. The molecule has 0 bridgehead atoms. The summed E-state index contributed by atoms with van der Waals surface area (Å²) in [6.07, 6.45) is 0.572. The Balaban J connectivity index is 1.98. The first-order valence-electron chi connectivity index (χ1n) is 6.09. The zero-order valence-electron chi connectivity index (χ0n) is 10.6. The van der Waals surface area contributed by atoms with Gasteiger partial charge in [0.1, 0.15) is 5.82 Å². The topological polar surface area (TPSA) is 101 Å². The molecule has 2 heterocycles. The molecule has 0 saturated carbocycles. The zero-order valence-corrected chi connectivity index (χ0v) is 11.4. The Labute approximate surface area is 111 Å². The highest BCUT2D eigenvalue weighted by Gasteiger charge is 2.27. The average molecular weight is 284 g/mol. The molecular weight excluding hydrogens is 268 g/mol. The molecule has 1 amide bonds. The van der Waals surface area contributed by atoms with Gasteiger partial charge in [-0.1, -0.05) is 0 Å². The van der Waals surface area contributed by atoms with E-state index in [4.69, 9.17) is 0 Å². The lowest BCUT2D eigenvalue weighted by atomic mass is 10.2. The Hall–Kier alpha value is -1.70. The molecule has 0 aromatic carbocycles.